The second kappa shape index (κ2) is 9.37. The van der Waals surface area contributed by atoms with Gasteiger partial charge in [0.1, 0.15) is 0 Å². The second-order valence-corrected chi connectivity index (χ2v) is 7.69. The monoisotopic (exact) mass is 422 g/mol. The van der Waals surface area contributed by atoms with Crippen molar-refractivity contribution in [2.45, 2.75) is 50.5 Å². The molecule has 0 aliphatic carbocycles. The Hall–Kier alpha value is -2.14. The van der Waals surface area contributed by atoms with Crippen LogP contribution >= 0.6 is 11.3 Å². The van der Waals surface area contributed by atoms with Gasteiger partial charge >= 0.3 is 18.1 Å². The van der Waals surface area contributed by atoms with E-state index >= 15 is 0 Å². The number of carbonyl (C=O) groups excluding carboxylic acids is 1. The largest absolute Gasteiger partial charge is 0.490 e. The van der Waals surface area contributed by atoms with Gasteiger partial charge in [0.05, 0.1) is 6.42 Å². The molecule has 7 nitrogen and oxygen atoms in total. The first-order chi connectivity index (χ1) is 13.1. The number of piperazine rings is 1. The van der Waals surface area contributed by atoms with Crippen LogP contribution in [0.2, 0.25) is 0 Å². The highest BCUT2D eigenvalue weighted by Gasteiger charge is 2.42. The van der Waals surface area contributed by atoms with Gasteiger partial charge in [0.2, 0.25) is 5.91 Å². The molecular weight excluding hydrogens is 401 g/mol. The molecule has 3 heterocycles. The maximum atomic E-state index is 12.2. The van der Waals surface area contributed by atoms with Crippen LogP contribution in [0.4, 0.5) is 13.2 Å². The van der Waals surface area contributed by atoms with E-state index < -0.39 is 18.1 Å². The average molecular weight is 422 g/mol. The summed E-state index contributed by atoms with van der Waals surface area (Å²) in [4.78, 5) is 37.5. The van der Waals surface area contributed by atoms with Crippen molar-refractivity contribution in [3.05, 3.63) is 22.4 Å². The molecule has 2 N–H and O–H groups in total. The maximum absolute atomic E-state index is 12.2. The zero-order valence-corrected chi connectivity index (χ0v) is 15.7. The van der Waals surface area contributed by atoms with Gasteiger partial charge in [-0.25, -0.2) is 4.79 Å². The molecule has 2 aliphatic heterocycles. The van der Waals surface area contributed by atoms with Crippen molar-refractivity contribution in [2.24, 2.45) is 0 Å². The fourth-order valence-electron chi connectivity index (χ4n) is 3.49. The van der Waals surface area contributed by atoms with E-state index in [1.807, 2.05) is 4.90 Å². The summed E-state index contributed by atoms with van der Waals surface area (Å²) in [6.45, 7) is 2.78. The zero-order valence-electron chi connectivity index (χ0n) is 14.9. The molecule has 1 aromatic rings. The van der Waals surface area contributed by atoms with Crippen molar-refractivity contribution in [1.82, 2.24) is 9.80 Å². The Morgan fingerprint density at radius 3 is 2.11 bits per heavy atom. The molecule has 1 aromatic heterocycles. The first-order valence-corrected chi connectivity index (χ1v) is 9.53. The minimum atomic E-state index is -5.08. The number of halogens is 3. The van der Waals surface area contributed by atoms with E-state index in [1.54, 1.807) is 11.3 Å². The van der Waals surface area contributed by atoms with E-state index in [1.165, 1.54) is 4.88 Å². The Morgan fingerprint density at radius 2 is 1.68 bits per heavy atom. The van der Waals surface area contributed by atoms with Crippen molar-refractivity contribution in [3.8, 4) is 0 Å². The number of nitrogens with zero attached hydrogens (tertiary/aromatic N) is 2. The summed E-state index contributed by atoms with van der Waals surface area (Å²) in [5.74, 6) is -3.64. The smallest absolute Gasteiger partial charge is 0.481 e. The molecule has 2 aliphatic rings. The molecule has 2 atom stereocenters. The summed E-state index contributed by atoms with van der Waals surface area (Å²) in [7, 11) is 0. The van der Waals surface area contributed by atoms with Crippen molar-refractivity contribution < 1.29 is 37.8 Å². The van der Waals surface area contributed by atoms with Gasteiger partial charge in [-0.3, -0.25) is 14.5 Å². The number of hydrogen-bond acceptors (Lipinski definition) is 5. The molecule has 2 fully saturated rings. The zero-order chi connectivity index (χ0) is 20.9. The summed E-state index contributed by atoms with van der Waals surface area (Å²) in [6, 6.07) is 4.76. The van der Waals surface area contributed by atoms with Crippen LogP contribution in [0.1, 0.15) is 30.6 Å². The van der Waals surface area contributed by atoms with Gasteiger partial charge < -0.3 is 15.1 Å². The molecule has 1 amide bonds. The van der Waals surface area contributed by atoms with Crippen LogP contribution in [0.25, 0.3) is 0 Å². The maximum Gasteiger partial charge on any atom is 0.490 e. The number of alkyl halides is 3. The van der Waals surface area contributed by atoms with Gasteiger partial charge in [-0.2, -0.15) is 13.2 Å². The number of carbonyl (C=O) groups is 3. The van der Waals surface area contributed by atoms with Crippen LogP contribution in [0.3, 0.4) is 0 Å². The summed E-state index contributed by atoms with van der Waals surface area (Å²) in [5, 5.41) is 17.9. The lowest BCUT2D eigenvalue weighted by Gasteiger charge is -2.41. The van der Waals surface area contributed by atoms with Crippen molar-refractivity contribution >= 4 is 29.2 Å². The lowest BCUT2D eigenvalue weighted by molar-refractivity contribution is -0.192. The van der Waals surface area contributed by atoms with Crippen LogP contribution in [0.15, 0.2) is 17.5 Å². The molecule has 28 heavy (non-hydrogen) atoms. The van der Waals surface area contributed by atoms with E-state index in [0.717, 1.165) is 32.5 Å². The fraction of sp³-hybridized carbons (Fsp3) is 0.588. The Morgan fingerprint density at radius 1 is 1.11 bits per heavy atom. The molecule has 2 bridgehead atoms. The molecular formula is C17H21F3N2O5S. The van der Waals surface area contributed by atoms with Gasteiger partial charge in [-0.15, -0.1) is 11.3 Å². The summed E-state index contributed by atoms with van der Waals surface area (Å²) >= 11 is 1.77. The molecule has 156 valence electrons. The molecule has 11 heteroatoms. The third kappa shape index (κ3) is 6.20. The van der Waals surface area contributed by atoms with Crippen molar-refractivity contribution in [3.63, 3.8) is 0 Å². The predicted octanol–water partition coefficient (Wildman–Crippen LogP) is 2.42. The number of likely N-dealkylation sites (tertiary alicyclic amines) is 1. The summed E-state index contributed by atoms with van der Waals surface area (Å²) in [6.07, 6.45) is -2.92. The topological polar surface area (TPSA) is 98.1 Å². The Bertz CT molecular complexity index is 681. The number of carboxylic acid groups (broad SMARTS) is 2. The summed E-state index contributed by atoms with van der Waals surface area (Å²) < 4.78 is 31.7. The number of hydrogen-bond donors (Lipinski definition) is 2. The minimum Gasteiger partial charge on any atom is -0.481 e. The number of aliphatic carboxylic acids is 2. The number of rotatable bonds is 5. The standard InChI is InChI=1S/C15H20N2O3S.C2HF3O2/c18-14(5-6-15(19)20)17-11-3-4-12(17)9-16(8-11)10-13-2-1-7-21-13;3-2(4,5)1(6)7/h1-2,7,11-12H,3-6,8-10H2,(H,19,20);(H,6,7). The Labute approximate surface area is 163 Å². The van der Waals surface area contributed by atoms with E-state index in [9.17, 15) is 22.8 Å². The van der Waals surface area contributed by atoms with Gasteiger partial charge in [-0.1, -0.05) is 6.07 Å². The quantitative estimate of drug-likeness (QED) is 0.756. The molecule has 3 rings (SSSR count). The molecule has 0 radical (unpaired) electrons. The number of carboxylic acids is 2. The first-order valence-electron chi connectivity index (χ1n) is 8.65. The van der Waals surface area contributed by atoms with Gasteiger partial charge in [0.25, 0.3) is 0 Å². The highest BCUT2D eigenvalue weighted by atomic mass is 32.1. The van der Waals surface area contributed by atoms with Crippen LogP contribution in [-0.4, -0.2) is 69.2 Å². The number of fused-ring (bicyclic) bond motifs is 2. The van der Waals surface area contributed by atoms with Gasteiger partial charge in [0.15, 0.2) is 0 Å². The van der Waals surface area contributed by atoms with E-state index in [-0.39, 0.29) is 30.8 Å². The predicted molar refractivity (Wildman–Crippen MR) is 93.8 cm³/mol. The molecule has 0 saturated carbocycles. The molecule has 0 spiro atoms. The Kier molecular flexibility index (Phi) is 7.41. The third-order valence-electron chi connectivity index (χ3n) is 4.60. The highest BCUT2D eigenvalue weighted by molar-refractivity contribution is 7.09. The number of amides is 1. The average Bonchev–Trinajstić information content (AvgIpc) is 3.18. The van der Waals surface area contributed by atoms with Crippen LogP contribution in [-0.2, 0) is 20.9 Å². The Balaban J connectivity index is 0.000000345. The van der Waals surface area contributed by atoms with E-state index in [2.05, 4.69) is 22.4 Å². The van der Waals surface area contributed by atoms with Crippen LogP contribution in [0, 0.1) is 0 Å². The molecule has 2 saturated heterocycles. The normalized spacial score (nSPS) is 21.8. The summed E-state index contributed by atoms with van der Waals surface area (Å²) in [5.41, 5.74) is 0. The van der Waals surface area contributed by atoms with Crippen molar-refractivity contribution in [2.75, 3.05) is 13.1 Å². The van der Waals surface area contributed by atoms with Crippen LogP contribution in [0.5, 0.6) is 0 Å². The van der Waals surface area contributed by atoms with Crippen LogP contribution < -0.4 is 0 Å². The minimum absolute atomic E-state index is 0.0145. The highest BCUT2D eigenvalue weighted by Crippen LogP contribution is 2.32. The SMILES string of the molecule is O=C(O)C(F)(F)F.O=C(O)CCC(=O)N1C2CCC1CN(Cc1cccs1)C2. The van der Waals surface area contributed by atoms with E-state index in [4.69, 9.17) is 15.0 Å². The first kappa shape index (κ1) is 22.2. The molecule has 0 aromatic carbocycles. The lowest BCUT2D eigenvalue weighted by Crippen LogP contribution is -2.55. The van der Waals surface area contributed by atoms with Crippen molar-refractivity contribution in [1.29, 1.82) is 0 Å². The molecule has 2 unspecified atom stereocenters. The fourth-order valence-corrected chi connectivity index (χ4v) is 4.24. The third-order valence-corrected chi connectivity index (χ3v) is 5.46. The van der Waals surface area contributed by atoms with Gasteiger partial charge in [0, 0.05) is 43.0 Å². The van der Waals surface area contributed by atoms with E-state index in [0.29, 0.717) is 0 Å². The number of thiophene rings is 1. The lowest BCUT2D eigenvalue weighted by atomic mass is 10.1. The second-order valence-electron chi connectivity index (χ2n) is 6.66. The van der Waals surface area contributed by atoms with Gasteiger partial charge in [-0.05, 0) is 24.3 Å².